The van der Waals surface area contributed by atoms with Crippen molar-refractivity contribution in [3.8, 4) is 5.69 Å². The summed E-state index contributed by atoms with van der Waals surface area (Å²) in [6.07, 6.45) is 6.57. The Balaban J connectivity index is 1.73. The highest BCUT2D eigenvalue weighted by Crippen LogP contribution is 2.20. The molecule has 0 spiro atoms. The molecular weight excluding hydrogens is 346 g/mol. The van der Waals surface area contributed by atoms with Crippen LogP contribution in [0.4, 0.5) is 0 Å². The molecule has 1 fully saturated rings. The zero-order chi connectivity index (χ0) is 15.5. The lowest BCUT2D eigenvalue weighted by Gasteiger charge is -2.32. The minimum Gasteiger partial charge on any atom is -0.480 e. The molecule has 2 heterocycles. The Hall–Kier alpha value is -1.66. The van der Waals surface area contributed by atoms with Crippen molar-refractivity contribution < 1.29 is 9.90 Å². The number of rotatable bonds is 4. The third-order valence-corrected chi connectivity index (χ3v) is 4.54. The van der Waals surface area contributed by atoms with Crippen LogP contribution in [0.25, 0.3) is 5.69 Å². The van der Waals surface area contributed by atoms with E-state index in [0.717, 1.165) is 41.5 Å². The van der Waals surface area contributed by atoms with Gasteiger partial charge >= 0.3 is 5.97 Å². The maximum Gasteiger partial charge on any atom is 0.320 e. The molecule has 0 bridgehead atoms. The molecule has 1 atom stereocenters. The van der Waals surface area contributed by atoms with Crippen molar-refractivity contribution in [2.75, 3.05) is 6.54 Å². The molecule has 1 aliphatic heterocycles. The van der Waals surface area contributed by atoms with Gasteiger partial charge in [-0.1, -0.05) is 22.4 Å². The van der Waals surface area contributed by atoms with Gasteiger partial charge in [0.1, 0.15) is 6.04 Å². The van der Waals surface area contributed by atoms with E-state index in [1.165, 1.54) is 0 Å². The van der Waals surface area contributed by atoms with Crippen LogP contribution < -0.4 is 0 Å². The monoisotopic (exact) mass is 363 g/mol. The maximum atomic E-state index is 11.3. The van der Waals surface area contributed by atoms with Crippen LogP contribution in [0.2, 0.25) is 0 Å². The van der Waals surface area contributed by atoms with Crippen molar-refractivity contribution in [2.24, 2.45) is 0 Å². The van der Waals surface area contributed by atoms with Crippen LogP contribution >= 0.6 is 15.9 Å². The van der Waals surface area contributed by atoms with Gasteiger partial charge in [0.25, 0.3) is 0 Å². The summed E-state index contributed by atoms with van der Waals surface area (Å²) >= 11 is 3.42. The lowest BCUT2D eigenvalue weighted by Crippen LogP contribution is -2.43. The van der Waals surface area contributed by atoms with Gasteiger partial charge in [-0.2, -0.15) is 5.10 Å². The van der Waals surface area contributed by atoms with Crippen molar-refractivity contribution in [1.82, 2.24) is 14.7 Å². The molecule has 1 unspecified atom stereocenters. The zero-order valence-electron chi connectivity index (χ0n) is 12.2. The van der Waals surface area contributed by atoms with E-state index in [0.29, 0.717) is 6.54 Å². The Morgan fingerprint density at radius 3 is 2.82 bits per heavy atom. The predicted octanol–water partition coefficient (Wildman–Crippen LogP) is 3.07. The van der Waals surface area contributed by atoms with Crippen molar-refractivity contribution in [3.63, 3.8) is 0 Å². The van der Waals surface area contributed by atoms with E-state index < -0.39 is 5.97 Å². The molecule has 0 aliphatic carbocycles. The van der Waals surface area contributed by atoms with Crippen LogP contribution in [0.15, 0.2) is 41.1 Å². The number of hydrogen-bond donors (Lipinski definition) is 1. The summed E-state index contributed by atoms with van der Waals surface area (Å²) in [5.74, 6) is -0.722. The molecule has 0 radical (unpaired) electrons. The number of carbonyl (C=O) groups is 1. The number of hydrogen-bond acceptors (Lipinski definition) is 3. The van der Waals surface area contributed by atoms with E-state index in [4.69, 9.17) is 0 Å². The van der Waals surface area contributed by atoms with Crippen molar-refractivity contribution in [1.29, 1.82) is 0 Å². The van der Waals surface area contributed by atoms with E-state index in [9.17, 15) is 9.90 Å². The van der Waals surface area contributed by atoms with Crippen molar-refractivity contribution in [3.05, 3.63) is 46.7 Å². The number of likely N-dealkylation sites (tertiary alicyclic amines) is 1. The Morgan fingerprint density at radius 2 is 2.09 bits per heavy atom. The van der Waals surface area contributed by atoms with Crippen LogP contribution in [0.1, 0.15) is 24.8 Å². The molecule has 6 heteroatoms. The van der Waals surface area contributed by atoms with Gasteiger partial charge in [0.2, 0.25) is 0 Å². The highest BCUT2D eigenvalue weighted by molar-refractivity contribution is 9.10. The highest BCUT2D eigenvalue weighted by Gasteiger charge is 2.28. The number of nitrogens with zero attached hydrogens (tertiary/aromatic N) is 3. The molecule has 1 aliphatic rings. The SMILES string of the molecule is O=C(O)C1CCCCN1Cc1cnn(-c2ccc(Br)cc2)c1. The average Bonchev–Trinajstić information content (AvgIpc) is 2.97. The highest BCUT2D eigenvalue weighted by atomic mass is 79.9. The Bertz CT molecular complexity index is 654. The number of piperidine rings is 1. The summed E-state index contributed by atoms with van der Waals surface area (Å²) < 4.78 is 2.85. The second-order valence-corrected chi connectivity index (χ2v) is 6.51. The van der Waals surface area contributed by atoms with Gasteiger partial charge in [-0.15, -0.1) is 0 Å². The van der Waals surface area contributed by atoms with Gasteiger partial charge in [0, 0.05) is 22.8 Å². The zero-order valence-corrected chi connectivity index (χ0v) is 13.7. The first kappa shape index (κ1) is 15.2. The number of carboxylic acid groups (broad SMARTS) is 1. The number of halogens is 1. The summed E-state index contributed by atoms with van der Waals surface area (Å²) in [4.78, 5) is 13.4. The lowest BCUT2D eigenvalue weighted by molar-refractivity contribution is -0.144. The van der Waals surface area contributed by atoms with Gasteiger partial charge in [0.15, 0.2) is 0 Å². The second kappa shape index (κ2) is 6.62. The van der Waals surface area contributed by atoms with Gasteiger partial charge < -0.3 is 5.11 Å². The van der Waals surface area contributed by atoms with E-state index >= 15 is 0 Å². The van der Waals surface area contributed by atoms with Gasteiger partial charge in [0.05, 0.1) is 11.9 Å². The third-order valence-electron chi connectivity index (χ3n) is 4.01. The molecule has 3 rings (SSSR count). The van der Waals surface area contributed by atoms with Crippen LogP contribution in [-0.4, -0.2) is 38.3 Å². The quantitative estimate of drug-likeness (QED) is 0.906. The molecule has 22 heavy (non-hydrogen) atoms. The first-order chi connectivity index (χ1) is 10.6. The van der Waals surface area contributed by atoms with Crippen molar-refractivity contribution in [2.45, 2.75) is 31.8 Å². The van der Waals surface area contributed by atoms with Crippen LogP contribution in [0.5, 0.6) is 0 Å². The average molecular weight is 364 g/mol. The molecule has 1 aromatic heterocycles. The Kier molecular flexibility index (Phi) is 4.59. The lowest BCUT2D eigenvalue weighted by atomic mass is 10.0. The van der Waals surface area contributed by atoms with Crippen molar-refractivity contribution >= 4 is 21.9 Å². The Labute approximate surface area is 137 Å². The molecule has 0 amide bonds. The molecule has 1 aromatic carbocycles. The molecule has 1 N–H and O–H groups in total. The fourth-order valence-electron chi connectivity index (χ4n) is 2.87. The fraction of sp³-hybridized carbons (Fsp3) is 0.375. The van der Waals surface area contributed by atoms with E-state index in [1.54, 1.807) is 0 Å². The standard InChI is InChI=1S/C16H18BrN3O2/c17-13-4-6-14(7-5-13)20-11-12(9-18-20)10-19-8-2-1-3-15(19)16(21)22/h4-7,9,11,15H,1-3,8,10H2,(H,21,22). The number of aliphatic carboxylic acids is 1. The summed E-state index contributed by atoms with van der Waals surface area (Å²) in [5.41, 5.74) is 2.03. The summed E-state index contributed by atoms with van der Waals surface area (Å²) in [5, 5.41) is 13.7. The van der Waals surface area contributed by atoms with Gasteiger partial charge in [-0.05, 0) is 43.7 Å². The van der Waals surface area contributed by atoms with Crippen LogP contribution in [0, 0.1) is 0 Å². The smallest absolute Gasteiger partial charge is 0.320 e. The predicted molar refractivity (Wildman–Crippen MR) is 86.9 cm³/mol. The molecule has 116 valence electrons. The molecular formula is C16H18BrN3O2. The normalized spacial score (nSPS) is 19.2. The topological polar surface area (TPSA) is 58.4 Å². The number of carboxylic acids is 1. The van der Waals surface area contributed by atoms with E-state index in [2.05, 4.69) is 21.0 Å². The molecule has 5 nitrogen and oxygen atoms in total. The van der Waals surface area contributed by atoms with E-state index in [1.807, 2.05) is 46.2 Å². The van der Waals surface area contributed by atoms with Crippen LogP contribution in [-0.2, 0) is 11.3 Å². The molecule has 1 saturated heterocycles. The number of benzene rings is 1. The number of aromatic nitrogens is 2. The van der Waals surface area contributed by atoms with Gasteiger partial charge in [-0.25, -0.2) is 4.68 Å². The molecule has 2 aromatic rings. The molecule has 0 saturated carbocycles. The minimum absolute atomic E-state index is 0.371. The summed E-state index contributed by atoms with van der Waals surface area (Å²) in [6, 6.07) is 7.55. The minimum atomic E-state index is -0.722. The van der Waals surface area contributed by atoms with Crippen LogP contribution in [0.3, 0.4) is 0 Å². The Morgan fingerprint density at radius 1 is 1.32 bits per heavy atom. The first-order valence-corrected chi connectivity index (χ1v) is 8.19. The third kappa shape index (κ3) is 3.39. The maximum absolute atomic E-state index is 11.3. The first-order valence-electron chi connectivity index (χ1n) is 7.40. The second-order valence-electron chi connectivity index (χ2n) is 5.59. The fourth-order valence-corrected chi connectivity index (χ4v) is 3.14. The van der Waals surface area contributed by atoms with Gasteiger partial charge in [-0.3, -0.25) is 9.69 Å². The summed E-state index contributed by atoms with van der Waals surface area (Å²) in [6.45, 7) is 1.47. The van der Waals surface area contributed by atoms with E-state index in [-0.39, 0.29) is 6.04 Å². The largest absolute Gasteiger partial charge is 0.480 e. The summed E-state index contributed by atoms with van der Waals surface area (Å²) in [7, 11) is 0.